The number of nitrogens with one attached hydrogen (secondary N) is 1. The molecule has 1 aromatic heterocycles. The fourth-order valence-electron chi connectivity index (χ4n) is 2.31. The molecule has 3 heteroatoms. The van der Waals surface area contributed by atoms with E-state index in [-0.39, 0.29) is 0 Å². The maximum absolute atomic E-state index is 4.21. The highest BCUT2D eigenvalue weighted by atomic mass is 15.1. The van der Waals surface area contributed by atoms with E-state index in [0.717, 1.165) is 19.0 Å². The molecule has 1 fully saturated rings. The van der Waals surface area contributed by atoms with Gasteiger partial charge in [0.05, 0.1) is 12.0 Å². The van der Waals surface area contributed by atoms with Crippen molar-refractivity contribution < 1.29 is 0 Å². The summed E-state index contributed by atoms with van der Waals surface area (Å²) in [5, 5.41) is 3.17. The molecule has 1 aliphatic carbocycles. The van der Waals surface area contributed by atoms with E-state index in [9.17, 15) is 0 Å². The molecule has 0 radical (unpaired) electrons. The normalized spacial score (nSPS) is 17.8. The van der Waals surface area contributed by atoms with Gasteiger partial charge in [-0.05, 0) is 25.8 Å². The Morgan fingerprint density at radius 1 is 1.50 bits per heavy atom. The summed E-state index contributed by atoms with van der Waals surface area (Å²) in [7, 11) is 1.98. The van der Waals surface area contributed by atoms with Crippen molar-refractivity contribution >= 4 is 0 Å². The predicted octanol–water partition coefficient (Wildman–Crippen LogP) is 1.79. The molecule has 3 nitrogen and oxygen atoms in total. The summed E-state index contributed by atoms with van der Waals surface area (Å²) in [6.45, 7) is 2.09. The molecule has 0 atom stereocenters. The standard InChI is InChI=1S/C11H19N3/c1-12-6-11-7-13-9-14(11)8-10-4-2-3-5-10/h7,9-10,12H,2-6,8H2,1H3. The third kappa shape index (κ3) is 2.15. The molecule has 0 spiro atoms. The third-order valence-electron chi connectivity index (χ3n) is 3.09. The Morgan fingerprint density at radius 2 is 2.29 bits per heavy atom. The van der Waals surface area contributed by atoms with Crippen molar-refractivity contribution in [2.24, 2.45) is 5.92 Å². The SMILES string of the molecule is CNCc1cncn1CC1CCCC1. The molecular weight excluding hydrogens is 174 g/mol. The van der Waals surface area contributed by atoms with Crippen LogP contribution < -0.4 is 5.32 Å². The first-order valence-electron chi connectivity index (χ1n) is 5.53. The number of aromatic nitrogens is 2. The van der Waals surface area contributed by atoms with Crippen molar-refractivity contribution in [1.82, 2.24) is 14.9 Å². The zero-order valence-electron chi connectivity index (χ0n) is 8.87. The Hall–Kier alpha value is -0.830. The zero-order chi connectivity index (χ0) is 9.80. The van der Waals surface area contributed by atoms with Crippen LogP contribution in [0.3, 0.4) is 0 Å². The predicted molar refractivity (Wildman–Crippen MR) is 56.9 cm³/mol. The maximum Gasteiger partial charge on any atom is 0.0948 e. The van der Waals surface area contributed by atoms with Gasteiger partial charge in [-0.15, -0.1) is 0 Å². The minimum atomic E-state index is 0.889. The van der Waals surface area contributed by atoms with E-state index < -0.39 is 0 Å². The van der Waals surface area contributed by atoms with Crippen LogP contribution in [-0.2, 0) is 13.1 Å². The molecule has 0 amide bonds. The van der Waals surface area contributed by atoms with Crippen LogP contribution in [0, 0.1) is 5.92 Å². The molecule has 1 saturated carbocycles. The van der Waals surface area contributed by atoms with Gasteiger partial charge < -0.3 is 9.88 Å². The fraction of sp³-hybridized carbons (Fsp3) is 0.727. The van der Waals surface area contributed by atoms with Crippen molar-refractivity contribution in [2.75, 3.05) is 7.05 Å². The van der Waals surface area contributed by atoms with E-state index in [0.29, 0.717) is 0 Å². The van der Waals surface area contributed by atoms with Crippen molar-refractivity contribution in [3.63, 3.8) is 0 Å². The minimum Gasteiger partial charge on any atom is -0.333 e. The first-order chi connectivity index (χ1) is 6.90. The van der Waals surface area contributed by atoms with Gasteiger partial charge in [0.1, 0.15) is 0 Å². The molecule has 14 heavy (non-hydrogen) atoms. The molecule has 0 bridgehead atoms. The highest BCUT2D eigenvalue weighted by molar-refractivity contribution is 4.98. The summed E-state index contributed by atoms with van der Waals surface area (Å²) in [6, 6.07) is 0. The summed E-state index contributed by atoms with van der Waals surface area (Å²) in [5.41, 5.74) is 1.31. The number of hydrogen-bond donors (Lipinski definition) is 1. The van der Waals surface area contributed by atoms with Gasteiger partial charge in [-0.3, -0.25) is 0 Å². The first-order valence-corrected chi connectivity index (χ1v) is 5.53. The monoisotopic (exact) mass is 193 g/mol. The van der Waals surface area contributed by atoms with Gasteiger partial charge >= 0.3 is 0 Å². The molecule has 0 aliphatic heterocycles. The molecule has 1 aliphatic rings. The second kappa shape index (κ2) is 4.60. The summed E-state index contributed by atoms with van der Waals surface area (Å²) >= 11 is 0. The van der Waals surface area contributed by atoms with Crippen molar-refractivity contribution in [2.45, 2.75) is 38.8 Å². The van der Waals surface area contributed by atoms with Crippen molar-refractivity contribution in [3.8, 4) is 0 Å². The number of hydrogen-bond acceptors (Lipinski definition) is 2. The van der Waals surface area contributed by atoms with Crippen LogP contribution in [-0.4, -0.2) is 16.6 Å². The highest BCUT2D eigenvalue weighted by Gasteiger charge is 2.16. The molecule has 0 saturated heterocycles. The lowest BCUT2D eigenvalue weighted by molar-refractivity contribution is 0.446. The van der Waals surface area contributed by atoms with E-state index in [1.165, 1.54) is 31.4 Å². The van der Waals surface area contributed by atoms with E-state index in [1.54, 1.807) is 0 Å². The Bertz CT molecular complexity index is 274. The summed E-state index contributed by atoms with van der Waals surface area (Å²) in [4.78, 5) is 4.21. The average molecular weight is 193 g/mol. The first kappa shape index (κ1) is 9.71. The Balaban J connectivity index is 1.96. The van der Waals surface area contributed by atoms with Gasteiger partial charge in [-0.1, -0.05) is 12.8 Å². The molecule has 1 aromatic rings. The van der Waals surface area contributed by atoms with E-state index >= 15 is 0 Å². The smallest absolute Gasteiger partial charge is 0.0948 e. The van der Waals surface area contributed by atoms with Gasteiger partial charge in [-0.25, -0.2) is 4.98 Å². The molecule has 2 rings (SSSR count). The lowest BCUT2D eigenvalue weighted by Gasteiger charge is -2.12. The van der Waals surface area contributed by atoms with Crippen LogP contribution in [0.4, 0.5) is 0 Å². The molecule has 1 N–H and O–H groups in total. The Kier molecular flexibility index (Phi) is 3.19. The fourth-order valence-corrected chi connectivity index (χ4v) is 2.31. The Labute approximate surface area is 85.5 Å². The molecular formula is C11H19N3. The van der Waals surface area contributed by atoms with Gasteiger partial charge in [0.2, 0.25) is 0 Å². The second-order valence-corrected chi connectivity index (χ2v) is 4.22. The maximum atomic E-state index is 4.21. The van der Waals surface area contributed by atoms with Crippen LogP contribution in [0.5, 0.6) is 0 Å². The summed E-state index contributed by atoms with van der Waals surface area (Å²) in [6.07, 6.45) is 9.56. The second-order valence-electron chi connectivity index (χ2n) is 4.22. The molecule has 1 heterocycles. The topological polar surface area (TPSA) is 29.9 Å². The number of nitrogens with zero attached hydrogens (tertiary/aromatic N) is 2. The average Bonchev–Trinajstić information content (AvgIpc) is 2.80. The lowest BCUT2D eigenvalue weighted by Crippen LogP contribution is -2.14. The van der Waals surface area contributed by atoms with Crippen LogP contribution in [0.15, 0.2) is 12.5 Å². The Morgan fingerprint density at radius 3 is 3.00 bits per heavy atom. The van der Waals surface area contributed by atoms with Crippen LogP contribution in [0.2, 0.25) is 0 Å². The molecule has 78 valence electrons. The summed E-state index contributed by atoms with van der Waals surface area (Å²) in [5.74, 6) is 0.889. The van der Waals surface area contributed by atoms with E-state index in [2.05, 4.69) is 14.9 Å². The minimum absolute atomic E-state index is 0.889. The van der Waals surface area contributed by atoms with Crippen molar-refractivity contribution in [3.05, 3.63) is 18.2 Å². The van der Waals surface area contributed by atoms with Crippen LogP contribution in [0.1, 0.15) is 31.4 Å². The third-order valence-corrected chi connectivity index (χ3v) is 3.09. The summed E-state index contributed by atoms with van der Waals surface area (Å²) < 4.78 is 2.30. The molecule has 0 unspecified atom stereocenters. The van der Waals surface area contributed by atoms with Gasteiger partial charge in [-0.2, -0.15) is 0 Å². The van der Waals surface area contributed by atoms with E-state index in [1.807, 2.05) is 19.6 Å². The van der Waals surface area contributed by atoms with Crippen molar-refractivity contribution in [1.29, 1.82) is 0 Å². The molecule has 0 aromatic carbocycles. The quantitative estimate of drug-likeness (QED) is 0.790. The van der Waals surface area contributed by atoms with Gasteiger partial charge in [0.25, 0.3) is 0 Å². The van der Waals surface area contributed by atoms with Gasteiger partial charge in [0, 0.05) is 19.3 Å². The zero-order valence-corrected chi connectivity index (χ0v) is 8.87. The number of imidazole rings is 1. The van der Waals surface area contributed by atoms with Gasteiger partial charge in [0.15, 0.2) is 0 Å². The lowest BCUT2D eigenvalue weighted by atomic mass is 10.1. The van der Waals surface area contributed by atoms with E-state index in [4.69, 9.17) is 0 Å². The highest BCUT2D eigenvalue weighted by Crippen LogP contribution is 2.26. The van der Waals surface area contributed by atoms with Crippen LogP contribution in [0.25, 0.3) is 0 Å². The number of rotatable bonds is 4. The van der Waals surface area contributed by atoms with Crippen LogP contribution >= 0.6 is 0 Å². The largest absolute Gasteiger partial charge is 0.333 e.